The van der Waals surface area contributed by atoms with Crippen molar-refractivity contribution < 1.29 is 29.9 Å². The Hall–Kier alpha value is -4.49. The second-order valence-corrected chi connectivity index (χ2v) is 16.7. The molecule has 0 unspecified atom stereocenters. The maximum atomic E-state index is 9.87. The number of benzene rings is 2. The first-order valence-electron chi connectivity index (χ1n) is 18.4. The summed E-state index contributed by atoms with van der Waals surface area (Å²) in [5.74, 6) is 1.45. The van der Waals surface area contributed by atoms with Gasteiger partial charge in [0.15, 0.2) is 23.5 Å². The Morgan fingerprint density at radius 1 is 0.519 bits per heavy atom. The maximum absolute atomic E-state index is 10.7. The van der Waals surface area contributed by atoms with Crippen molar-refractivity contribution in [3.8, 4) is 0 Å². The Labute approximate surface area is 316 Å². The van der Waals surface area contributed by atoms with Crippen molar-refractivity contribution in [3.63, 3.8) is 0 Å². The van der Waals surface area contributed by atoms with E-state index in [0.29, 0.717) is 23.7 Å². The average Bonchev–Trinajstić information content (AvgIpc) is 3.42. The topological polar surface area (TPSA) is 18.6 Å². The van der Waals surface area contributed by atoms with Crippen LogP contribution in [0.15, 0.2) is 150 Å². The van der Waals surface area contributed by atoms with Gasteiger partial charge in [0.1, 0.15) is 0 Å². The number of hydrogen-bond donors (Lipinski definition) is 0. The molecule has 0 radical (unpaired) electrons. The van der Waals surface area contributed by atoms with E-state index in [2.05, 4.69) is 174 Å². The monoisotopic (exact) mass is 767 g/mol. The second kappa shape index (κ2) is 16.5. The van der Waals surface area contributed by atoms with Gasteiger partial charge in [-0.15, -0.1) is 9.71 Å². The zero-order valence-electron chi connectivity index (χ0n) is 32.2. The summed E-state index contributed by atoms with van der Waals surface area (Å²) in [4.78, 5) is 0. The SMILES string of the molecule is CC(C)c1cccc(C(C)C)c1N1N=[N+](c2c(C(C)C)cccc2C(C)C)[C@H]2C=C3/C=C/C=C/C=C\C=C\C=C/C=C/C=C/C3=C[C@H]21.F[P-](F)(F)(F)(F)F. The molecule has 0 aromatic heterocycles. The first kappa shape index (κ1) is 42.3. The van der Waals surface area contributed by atoms with E-state index < -0.39 is 7.81 Å². The van der Waals surface area contributed by atoms with Gasteiger partial charge in [0, 0.05) is 22.3 Å². The van der Waals surface area contributed by atoms with E-state index in [1.165, 1.54) is 44.8 Å². The third-order valence-corrected chi connectivity index (χ3v) is 9.06. The Balaban J connectivity index is 0.000000845. The van der Waals surface area contributed by atoms with E-state index in [0.717, 1.165) is 0 Å². The average molecular weight is 768 g/mol. The second-order valence-electron chi connectivity index (χ2n) is 14.8. The summed E-state index contributed by atoms with van der Waals surface area (Å²) in [6, 6.07) is 13.6. The fraction of sp³-hybridized carbons (Fsp3) is 0.318. The summed E-state index contributed by atoms with van der Waals surface area (Å²) in [6.07, 6.45) is 34.3. The van der Waals surface area contributed by atoms with Gasteiger partial charge in [0.05, 0.1) is 5.22 Å². The Morgan fingerprint density at radius 2 is 0.852 bits per heavy atom. The van der Waals surface area contributed by atoms with E-state index in [1.54, 1.807) is 0 Å². The Bertz CT molecular complexity index is 1920. The van der Waals surface area contributed by atoms with Crippen LogP contribution in [0, 0.1) is 0 Å². The first-order valence-corrected chi connectivity index (χ1v) is 20.4. The molecule has 2 aliphatic carbocycles. The molecule has 1 aliphatic heterocycles. The van der Waals surface area contributed by atoms with Gasteiger partial charge in [-0.2, -0.15) is 0 Å². The zero-order valence-corrected chi connectivity index (χ0v) is 33.1. The molecule has 2 aromatic rings. The van der Waals surface area contributed by atoms with Crippen molar-refractivity contribution in [1.82, 2.24) is 0 Å². The van der Waals surface area contributed by atoms with Crippen LogP contribution in [0.2, 0.25) is 0 Å². The molecule has 1 heterocycles. The number of nitrogens with zero attached hydrogens (tertiary/aromatic N) is 3. The summed E-state index contributed by atoms with van der Waals surface area (Å²) in [5.41, 5.74) is 10.2. The molecule has 10 heteroatoms. The molecule has 290 valence electrons. The van der Waals surface area contributed by atoms with Crippen LogP contribution < -0.4 is 5.01 Å². The van der Waals surface area contributed by atoms with E-state index >= 15 is 0 Å². The van der Waals surface area contributed by atoms with Gasteiger partial charge in [-0.3, -0.25) is 0 Å². The molecule has 0 spiro atoms. The van der Waals surface area contributed by atoms with Crippen LogP contribution in [0.4, 0.5) is 36.6 Å². The van der Waals surface area contributed by atoms with Crippen LogP contribution in [-0.4, -0.2) is 16.8 Å². The van der Waals surface area contributed by atoms with E-state index in [9.17, 15) is 25.2 Å². The quantitative estimate of drug-likeness (QED) is 0.163. The summed E-state index contributed by atoms with van der Waals surface area (Å²) >= 11 is 0. The number of rotatable bonds is 6. The van der Waals surface area contributed by atoms with E-state index in [-0.39, 0.29) is 12.1 Å². The third kappa shape index (κ3) is 12.0. The third-order valence-electron chi connectivity index (χ3n) is 9.06. The molecular formula is C44H52F6N3P. The van der Waals surface area contributed by atoms with Crippen molar-refractivity contribution in [3.05, 3.63) is 167 Å². The van der Waals surface area contributed by atoms with Crippen molar-refractivity contribution in [2.75, 3.05) is 5.01 Å². The predicted molar refractivity (Wildman–Crippen MR) is 215 cm³/mol. The molecule has 0 saturated heterocycles. The number of hydrogen-bond acceptors (Lipinski definition) is 2. The molecule has 0 bridgehead atoms. The number of fused-ring (bicyclic) bond motifs is 2. The number of allylic oxidation sites excluding steroid dienone is 16. The van der Waals surface area contributed by atoms with Gasteiger partial charge in [0.25, 0.3) is 0 Å². The summed E-state index contributed by atoms with van der Waals surface area (Å²) in [6.45, 7) is 18.4. The van der Waals surface area contributed by atoms with Crippen molar-refractivity contribution in [1.29, 1.82) is 0 Å². The summed E-state index contributed by atoms with van der Waals surface area (Å²) < 4.78 is 61.5. The van der Waals surface area contributed by atoms with Crippen molar-refractivity contribution >= 4 is 19.2 Å². The van der Waals surface area contributed by atoms with Crippen LogP contribution in [0.5, 0.6) is 0 Å². The molecule has 54 heavy (non-hydrogen) atoms. The van der Waals surface area contributed by atoms with Crippen LogP contribution in [-0.2, 0) is 0 Å². The number of anilines is 1. The predicted octanol–water partition coefficient (Wildman–Crippen LogP) is 15.6. The van der Waals surface area contributed by atoms with Crippen LogP contribution >= 0.6 is 7.81 Å². The zero-order chi connectivity index (χ0) is 39.9. The first-order chi connectivity index (χ1) is 25.1. The molecular weight excluding hydrogens is 715 g/mol. The summed E-state index contributed by atoms with van der Waals surface area (Å²) in [5, 5.41) is 7.99. The molecule has 0 N–H and O–H groups in total. The normalized spacial score (nSPS) is 24.2. The fourth-order valence-corrected chi connectivity index (χ4v) is 6.61. The van der Waals surface area contributed by atoms with Gasteiger partial charge in [-0.25, -0.2) is 0 Å². The molecule has 2 aromatic carbocycles. The van der Waals surface area contributed by atoms with Crippen molar-refractivity contribution in [2.24, 2.45) is 5.22 Å². The molecule has 0 fully saturated rings. The number of para-hydroxylation sites is 2. The molecule has 3 aliphatic rings. The molecule has 5 rings (SSSR count). The van der Waals surface area contributed by atoms with Gasteiger partial charge in [-0.05, 0) is 47.0 Å². The van der Waals surface area contributed by atoms with E-state index in [1.807, 2.05) is 24.3 Å². The minimum absolute atomic E-state index is 0.0162. The summed E-state index contributed by atoms with van der Waals surface area (Å²) in [7, 11) is -10.7. The fourth-order valence-electron chi connectivity index (χ4n) is 6.61. The van der Waals surface area contributed by atoms with Crippen LogP contribution in [0.1, 0.15) is 101 Å². The minimum atomic E-state index is -10.7. The number of halogens is 6. The molecule has 2 atom stereocenters. The molecule has 0 saturated carbocycles. The Kier molecular flexibility index (Phi) is 12.9. The van der Waals surface area contributed by atoms with Crippen molar-refractivity contribution in [2.45, 2.75) is 91.1 Å². The van der Waals surface area contributed by atoms with E-state index in [4.69, 9.17) is 5.22 Å². The van der Waals surface area contributed by atoms with Crippen LogP contribution in [0.3, 0.4) is 0 Å². The van der Waals surface area contributed by atoms with Crippen LogP contribution in [0.25, 0.3) is 0 Å². The molecule has 3 nitrogen and oxygen atoms in total. The molecule has 0 amide bonds. The van der Waals surface area contributed by atoms with Gasteiger partial charge in [-0.1, -0.05) is 177 Å². The standard InChI is InChI=1S/C44H52N3.F6P/c1-31(2)37-25-21-26-38(32(3)4)43(37)46-41-29-35-23-19-17-15-13-11-9-10-12-14-16-18-20-24-36(35)30-42(41)47(45-46)44-39(33(5)6)27-22-28-40(44)34(7)8;1-7(2,3,4,5)6/h9-34,41-42H,1-8H3;/q+1;-1/b10-9+,13-11-,14-12-,17-15+,18-16+,23-19+,24-20+;/t41-,42+;. The Morgan fingerprint density at radius 3 is 1.22 bits per heavy atom. The van der Waals surface area contributed by atoms with Gasteiger partial charge < -0.3 is 0 Å². The van der Waals surface area contributed by atoms with Gasteiger partial charge in [0.2, 0.25) is 0 Å². The van der Waals surface area contributed by atoms with Gasteiger partial charge >= 0.3 is 33.0 Å².